The van der Waals surface area contributed by atoms with Crippen molar-refractivity contribution in [1.29, 1.82) is 0 Å². The molecule has 3 rings (SSSR count). The fraction of sp³-hybridized carbons (Fsp3) is 0.529. The summed E-state index contributed by atoms with van der Waals surface area (Å²) in [5.74, 6) is -1.96. The molecule has 1 unspecified atom stereocenters. The molecule has 2 aliphatic heterocycles. The average molecular weight is 337 g/mol. The highest BCUT2D eigenvalue weighted by Crippen LogP contribution is 2.20. The van der Waals surface area contributed by atoms with Crippen LogP contribution in [0.4, 0.5) is 8.78 Å². The summed E-state index contributed by atoms with van der Waals surface area (Å²) in [6.45, 7) is 5.01. The first-order valence-corrected chi connectivity index (χ1v) is 8.22. The molecule has 1 aromatic rings. The highest BCUT2D eigenvalue weighted by molar-refractivity contribution is 5.95. The van der Waals surface area contributed by atoms with E-state index in [1.165, 1.54) is 11.0 Å². The zero-order valence-electron chi connectivity index (χ0n) is 13.6. The highest BCUT2D eigenvalue weighted by atomic mass is 19.1. The zero-order valence-corrected chi connectivity index (χ0v) is 13.6. The lowest BCUT2D eigenvalue weighted by molar-refractivity contribution is -0.138. The predicted molar refractivity (Wildman–Crippen MR) is 84.4 cm³/mol. The second-order valence-electron chi connectivity index (χ2n) is 6.42. The van der Waals surface area contributed by atoms with E-state index in [2.05, 4.69) is 5.32 Å². The molecule has 7 heteroatoms. The molecule has 2 fully saturated rings. The lowest BCUT2D eigenvalue weighted by Crippen LogP contribution is -2.55. The molecule has 2 saturated heterocycles. The van der Waals surface area contributed by atoms with Gasteiger partial charge in [0.25, 0.3) is 5.91 Å². The molecule has 1 atom stereocenters. The minimum atomic E-state index is -0.857. The first-order chi connectivity index (χ1) is 11.5. The Morgan fingerprint density at radius 2 is 1.62 bits per heavy atom. The zero-order chi connectivity index (χ0) is 17.3. The molecule has 2 aliphatic rings. The monoisotopic (exact) mass is 337 g/mol. The Labute approximate surface area is 139 Å². The van der Waals surface area contributed by atoms with Gasteiger partial charge in [0.1, 0.15) is 17.2 Å². The van der Waals surface area contributed by atoms with Crippen LogP contribution in [0, 0.1) is 23.5 Å². The molecule has 0 radical (unpaired) electrons. The first kappa shape index (κ1) is 16.8. The Kier molecular flexibility index (Phi) is 4.80. The Morgan fingerprint density at radius 3 is 2.12 bits per heavy atom. The second kappa shape index (κ2) is 6.84. The van der Waals surface area contributed by atoms with Gasteiger partial charge in [-0.25, -0.2) is 8.78 Å². The third kappa shape index (κ3) is 3.13. The molecule has 1 N–H and O–H groups in total. The quantitative estimate of drug-likeness (QED) is 0.899. The van der Waals surface area contributed by atoms with Gasteiger partial charge in [-0.05, 0) is 31.1 Å². The molecule has 0 saturated carbocycles. The van der Waals surface area contributed by atoms with Crippen molar-refractivity contribution >= 4 is 11.8 Å². The Balaban J connectivity index is 1.60. The Morgan fingerprint density at radius 1 is 1.08 bits per heavy atom. The van der Waals surface area contributed by atoms with Gasteiger partial charge in [0.2, 0.25) is 5.91 Å². The van der Waals surface area contributed by atoms with Gasteiger partial charge >= 0.3 is 0 Å². The number of nitrogens with one attached hydrogen (secondary N) is 1. The molecule has 24 heavy (non-hydrogen) atoms. The van der Waals surface area contributed by atoms with Gasteiger partial charge in [0, 0.05) is 32.1 Å². The van der Waals surface area contributed by atoms with Crippen molar-refractivity contribution in [2.24, 2.45) is 11.8 Å². The van der Waals surface area contributed by atoms with E-state index in [9.17, 15) is 18.4 Å². The normalized spacial score (nSPS) is 19.8. The first-order valence-electron chi connectivity index (χ1n) is 8.22. The third-order valence-corrected chi connectivity index (χ3v) is 4.96. The molecule has 2 heterocycles. The number of carbonyl (C=O) groups excluding carboxylic acids is 2. The van der Waals surface area contributed by atoms with Crippen LogP contribution in [-0.2, 0) is 4.79 Å². The SMILES string of the molecule is CC(C(=O)N1CCN(C(=O)c2c(F)cccc2F)CC1)C1CNC1. The van der Waals surface area contributed by atoms with Crippen molar-refractivity contribution in [3.63, 3.8) is 0 Å². The smallest absolute Gasteiger partial charge is 0.259 e. The van der Waals surface area contributed by atoms with E-state index in [0.29, 0.717) is 19.0 Å². The molecule has 2 amide bonds. The summed E-state index contributed by atoms with van der Waals surface area (Å²) in [5.41, 5.74) is -0.522. The molecule has 0 spiro atoms. The van der Waals surface area contributed by atoms with E-state index >= 15 is 0 Å². The molecule has 130 valence electrons. The molecular formula is C17H21F2N3O2. The van der Waals surface area contributed by atoms with Crippen molar-refractivity contribution < 1.29 is 18.4 Å². The lowest BCUT2D eigenvalue weighted by Gasteiger charge is -2.39. The van der Waals surface area contributed by atoms with Crippen molar-refractivity contribution in [3.05, 3.63) is 35.4 Å². The van der Waals surface area contributed by atoms with Crippen molar-refractivity contribution in [2.75, 3.05) is 39.3 Å². The number of hydrogen-bond donors (Lipinski definition) is 1. The maximum absolute atomic E-state index is 13.7. The number of piperazine rings is 1. The predicted octanol–water partition coefficient (Wildman–Crippen LogP) is 1.10. The second-order valence-corrected chi connectivity index (χ2v) is 6.42. The van der Waals surface area contributed by atoms with Crippen LogP contribution in [0.1, 0.15) is 17.3 Å². The largest absolute Gasteiger partial charge is 0.339 e. The van der Waals surface area contributed by atoms with Gasteiger partial charge in [-0.1, -0.05) is 13.0 Å². The Hall–Kier alpha value is -2.02. The summed E-state index contributed by atoms with van der Waals surface area (Å²) in [7, 11) is 0. The van der Waals surface area contributed by atoms with E-state index in [1.807, 2.05) is 6.92 Å². The van der Waals surface area contributed by atoms with Gasteiger partial charge < -0.3 is 15.1 Å². The molecule has 5 nitrogen and oxygen atoms in total. The highest BCUT2D eigenvalue weighted by Gasteiger charge is 2.34. The number of benzene rings is 1. The van der Waals surface area contributed by atoms with Gasteiger partial charge in [0.15, 0.2) is 0 Å². The summed E-state index contributed by atoms with van der Waals surface area (Å²) < 4.78 is 27.5. The van der Waals surface area contributed by atoms with Crippen LogP contribution in [-0.4, -0.2) is 60.9 Å². The van der Waals surface area contributed by atoms with Crippen LogP contribution in [0.3, 0.4) is 0 Å². The van der Waals surface area contributed by atoms with Crippen LogP contribution in [0.2, 0.25) is 0 Å². The van der Waals surface area contributed by atoms with Crippen molar-refractivity contribution in [3.8, 4) is 0 Å². The molecule has 0 bridgehead atoms. The topological polar surface area (TPSA) is 52.7 Å². The van der Waals surface area contributed by atoms with Crippen LogP contribution in [0.25, 0.3) is 0 Å². The number of carbonyl (C=O) groups is 2. The van der Waals surface area contributed by atoms with Crippen molar-refractivity contribution in [1.82, 2.24) is 15.1 Å². The molecular weight excluding hydrogens is 316 g/mol. The summed E-state index contributed by atoms with van der Waals surface area (Å²) in [4.78, 5) is 28.0. The molecule has 0 aliphatic carbocycles. The standard InChI is InChI=1S/C17H21F2N3O2/c1-11(12-9-20-10-12)16(23)21-5-7-22(8-6-21)17(24)15-13(18)3-2-4-14(15)19/h2-4,11-12,20H,5-10H2,1H3. The summed E-state index contributed by atoms with van der Waals surface area (Å²) in [6, 6.07) is 3.38. The molecule has 0 aromatic heterocycles. The van der Waals surface area contributed by atoms with Gasteiger partial charge in [0.05, 0.1) is 0 Å². The number of halogens is 2. The van der Waals surface area contributed by atoms with Crippen molar-refractivity contribution in [2.45, 2.75) is 6.92 Å². The minimum Gasteiger partial charge on any atom is -0.339 e. The van der Waals surface area contributed by atoms with Crippen LogP contribution < -0.4 is 5.32 Å². The van der Waals surface area contributed by atoms with Crippen LogP contribution >= 0.6 is 0 Å². The van der Waals surface area contributed by atoms with E-state index in [4.69, 9.17) is 0 Å². The van der Waals surface area contributed by atoms with Gasteiger partial charge in [-0.15, -0.1) is 0 Å². The number of hydrogen-bond acceptors (Lipinski definition) is 3. The fourth-order valence-corrected chi connectivity index (χ4v) is 3.14. The fourth-order valence-electron chi connectivity index (χ4n) is 3.14. The van der Waals surface area contributed by atoms with Crippen LogP contribution in [0.15, 0.2) is 18.2 Å². The maximum atomic E-state index is 13.7. The van der Waals surface area contributed by atoms with Gasteiger partial charge in [-0.3, -0.25) is 9.59 Å². The van der Waals surface area contributed by atoms with Gasteiger partial charge in [-0.2, -0.15) is 0 Å². The summed E-state index contributed by atoms with van der Waals surface area (Å²) >= 11 is 0. The number of rotatable bonds is 3. The van der Waals surface area contributed by atoms with E-state index in [0.717, 1.165) is 25.2 Å². The number of nitrogens with zero attached hydrogens (tertiary/aromatic N) is 2. The summed E-state index contributed by atoms with van der Waals surface area (Å²) in [5, 5.41) is 3.16. The molecule has 1 aromatic carbocycles. The summed E-state index contributed by atoms with van der Waals surface area (Å²) in [6.07, 6.45) is 0. The van der Waals surface area contributed by atoms with E-state index in [1.54, 1.807) is 4.90 Å². The number of amides is 2. The van der Waals surface area contributed by atoms with E-state index in [-0.39, 0.29) is 24.9 Å². The minimum absolute atomic E-state index is 0.0440. The van der Waals surface area contributed by atoms with E-state index < -0.39 is 23.1 Å². The average Bonchev–Trinajstić information content (AvgIpc) is 2.52. The Bertz CT molecular complexity index is 620. The lowest BCUT2D eigenvalue weighted by atomic mass is 9.88. The maximum Gasteiger partial charge on any atom is 0.259 e. The third-order valence-electron chi connectivity index (χ3n) is 4.96. The van der Waals surface area contributed by atoms with Crippen LogP contribution in [0.5, 0.6) is 0 Å².